The molecule has 0 amide bonds. The van der Waals surface area contributed by atoms with E-state index >= 15 is 0 Å². The maximum atomic E-state index is 13.8. The Balaban J connectivity index is 1.57. The highest BCUT2D eigenvalue weighted by Gasteiger charge is 2.27. The van der Waals surface area contributed by atoms with Crippen molar-refractivity contribution in [3.63, 3.8) is 0 Å². The predicted octanol–water partition coefficient (Wildman–Crippen LogP) is 4.67. The number of Topliss-reactive ketones (excluding diaryl/α,β-unsaturated/α-hetero) is 1. The lowest BCUT2D eigenvalue weighted by Crippen LogP contribution is -2.41. The van der Waals surface area contributed by atoms with E-state index in [1.54, 1.807) is 19.9 Å². The lowest BCUT2D eigenvalue weighted by atomic mass is 9.89. The van der Waals surface area contributed by atoms with Crippen molar-refractivity contribution in [3.05, 3.63) is 22.2 Å². The number of alkyl halides is 1. The number of nitrogen functional groups attached to an aromatic ring is 1. The van der Waals surface area contributed by atoms with Gasteiger partial charge < -0.3 is 15.4 Å². The van der Waals surface area contributed by atoms with E-state index in [0.717, 1.165) is 50.8 Å². The van der Waals surface area contributed by atoms with E-state index in [1.807, 2.05) is 0 Å². The van der Waals surface area contributed by atoms with E-state index in [0.29, 0.717) is 47.5 Å². The third-order valence-corrected chi connectivity index (χ3v) is 5.89. The highest BCUT2D eigenvalue weighted by molar-refractivity contribution is 6.33. The Kier molecular flexibility index (Phi) is 6.32. The van der Waals surface area contributed by atoms with Crippen molar-refractivity contribution in [3.8, 4) is 5.75 Å². The van der Waals surface area contributed by atoms with Crippen LogP contribution in [0.25, 0.3) is 0 Å². The van der Waals surface area contributed by atoms with Gasteiger partial charge in [0.1, 0.15) is 11.4 Å². The third kappa shape index (κ3) is 5.14. The molecule has 0 radical (unpaired) electrons. The molecule has 0 spiro atoms. The van der Waals surface area contributed by atoms with Crippen LogP contribution < -0.4 is 10.5 Å². The Bertz CT molecular complexity index is 694. The lowest BCUT2D eigenvalue weighted by Gasteiger charge is -2.34. The fourth-order valence-electron chi connectivity index (χ4n) is 4.18. The molecular weight excluding hydrogens is 367 g/mol. The first-order valence-electron chi connectivity index (χ1n) is 9.93. The van der Waals surface area contributed by atoms with Gasteiger partial charge in [0.15, 0.2) is 5.78 Å². The summed E-state index contributed by atoms with van der Waals surface area (Å²) in [7, 11) is 0. The summed E-state index contributed by atoms with van der Waals surface area (Å²) in [6.07, 6.45) is 5.05. The van der Waals surface area contributed by atoms with Crippen LogP contribution in [0.1, 0.15) is 61.9 Å². The summed E-state index contributed by atoms with van der Waals surface area (Å²) in [5, 5.41) is 0.435. The van der Waals surface area contributed by atoms with Gasteiger partial charge in [-0.15, -0.1) is 0 Å². The second-order valence-electron chi connectivity index (χ2n) is 8.48. The van der Waals surface area contributed by atoms with Gasteiger partial charge in [-0.05, 0) is 71.0 Å². The molecule has 3 rings (SSSR count). The zero-order chi connectivity index (χ0) is 19.6. The Labute approximate surface area is 166 Å². The van der Waals surface area contributed by atoms with Crippen LogP contribution in [-0.4, -0.2) is 42.6 Å². The molecule has 0 atom stereocenters. The number of carbonyl (C=O) groups excluding carboxylic acids is 1. The minimum Gasteiger partial charge on any atom is -0.492 e. The number of piperidine rings is 1. The maximum Gasteiger partial charge on any atom is 0.166 e. The van der Waals surface area contributed by atoms with Crippen molar-refractivity contribution in [2.45, 2.75) is 58.0 Å². The van der Waals surface area contributed by atoms with Crippen LogP contribution in [0.3, 0.4) is 0 Å². The Morgan fingerprint density at radius 3 is 2.78 bits per heavy atom. The topological polar surface area (TPSA) is 55.6 Å². The fourth-order valence-corrected chi connectivity index (χ4v) is 4.40. The number of ether oxygens (including phenoxy) is 1. The van der Waals surface area contributed by atoms with E-state index in [4.69, 9.17) is 22.1 Å². The Hall–Kier alpha value is -1.33. The molecule has 4 nitrogen and oxygen atoms in total. The molecule has 2 heterocycles. The number of hydrogen-bond donors (Lipinski definition) is 1. The number of ketones is 1. The summed E-state index contributed by atoms with van der Waals surface area (Å²) < 4.78 is 19.6. The molecule has 6 heteroatoms. The highest BCUT2D eigenvalue weighted by atomic mass is 35.5. The zero-order valence-corrected chi connectivity index (χ0v) is 17.1. The van der Waals surface area contributed by atoms with E-state index < -0.39 is 5.67 Å². The van der Waals surface area contributed by atoms with Crippen LogP contribution in [0, 0.1) is 5.92 Å². The molecule has 0 saturated carbocycles. The molecule has 2 aliphatic rings. The first-order valence-corrected chi connectivity index (χ1v) is 10.3. The summed E-state index contributed by atoms with van der Waals surface area (Å²) in [6, 6.07) is 1.66. The summed E-state index contributed by atoms with van der Waals surface area (Å²) in [4.78, 5) is 15.0. The molecular formula is C21H30ClFN2O2. The van der Waals surface area contributed by atoms with E-state index in [2.05, 4.69) is 4.90 Å². The predicted molar refractivity (Wildman–Crippen MR) is 108 cm³/mol. The normalized spacial score (nSPS) is 18.8. The number of halogens is 2. The summed E-state index contributed by atoms with van der Waals surface area (Å²) in [5.41, 5.74) is 6.89. The number of nitrogens with two attached hydrogens (primary N) is 1. The standard InChI is InChI=1S/C21H30ClFN2O2/c1-21(2,23)13-25-9-7-14(8-10-25)5-6-18(26)16-12-17(22)19(24)15-4-3-11-27-20(15)16/h12,14H,3-11,13,24H2,1-2H3. The Morgan fingerprint density at radius 1 is 1.41 bits per heavy atom. The number of benzene rings is 1. The molecule has 1 fully saturated rings. The van der Waals surface area contributed by atoms with Crippen LogP contribution in [0.4, 0.5) is 10.1 Å². The largest absolute Gasteiger partial charge is 0.492 e. The molecule has 0 aliphatic carbocycles. The average molecular weight is 397 g/mol. The molecule has 1 aromatic carbocycles. The number of hydrogen-bond acceptors (Lipinski definition) is 4. The van der Waals surface area contributed by atoms with Gasteiger partial charge in [-0.2, -0.15) is 0 Å². The lowest BCUT2D eigenvalue weighted by molar-refractivity contribution is 0.0887. The SMILES string of the molecule is CC(C)(F)CN1CCC(CCC(=O)c2cc(Cl)c(N)c3c2OCCC3)CC1. The van der Waals surface area contributed by atoms with Crippen LogP contribution >= 0.6 is 11.6 Å². The summed E-state index contributed by atoms with van der Waals surface area (Å²) >= 11 is 6.24. The Morgan fingerprint density at radius 2 is 2.11 bits per heavy atom. The quantitative estimate of drug-likeness (QED) is 0.560. The van der Waals surface area contributed by atoms with Crippen molar-refractivity contribution in [1.29, 1.82) is 0 Å². The van der Waals surface area contributed by atoms with Gasteiger partial charge in [0.25, 0.3) is 0 Å². The van der Waals surface area contributed by atoms with Crippen molar-refractivity contribution < 1.29 is 13.9 Å². The maximum absolute atomic E-state index is 13.8. The molecule has 0 bridgehead atoms. The molecule has 1 saturated heterocycles. The van der Waals surface area contributed by atoms with Gasteiger partial charge in [-0.25, -0.2) is 4.39 Å². The summed E-state index contributed by atoms with van der Waals surface area (Å²) in [5.74, 6) is 1.21. The molecule has 150 valence electrons. The van der Waals surface area contributed by atoms with Crippen molar-refractivity contribution in [2.75, 3.05) is 32.0 Å². The minimum atomic E-state index is -1.16. The minimum absolute atomic E-state index is 0.0716. The van der Waals surface area contributed by atoms with Gasteiger partial charge in [0.05, 0.1) is 22.9 Å². The van der Waals surface area contributed by atoms with Crippen molar-refractivity contribution in [1.82, 2.24) is 4.90 Å². The van der Waals surface area contributed by atoms with Crippen LogP contribution in [-0.2, 0) is 6.42 Å². The monoisotopic (exact) mass is 396 g/mol. The molecule has 0 unspecified atom stereocenters. The van der Waals surface area contributed by atoms with E-state index in [-0.39, 0.29) is 5.78 Å². The summed E-state index contributed by atoms with van der Waals surface area (Å²) in [6.45, 7) is 6.14. The number of carbonyl (C=O) groups is 1. The zero-order valence-electron chi connectivity index (χ0n) is 16.3. The van der Waals surface area contributed by atoms with Gasteiger partial charge in [-0.3, -0.25) is 4.79 Å². The smallest absolute Gasteiger partial charge is 0.166 e. The van der Waals surface area contributed by atoms with Crippen LogP contribution in [0.15, 0.2) is 6.07 Å². The highest BCUT2D eigenvalue weighted by Crippen LogP contribution is 2.39. The van der Waals surface area contributed by atoms with Crippen LogP contribution in [0.2, 0.25) is 5.02 Å². The second kappa shape index (κ2) is 8.36. The fraction of sp³-hybridized carbons (Fsp3) is 0.667. The van der Waals surface area contributed by atoms with Crippen LogP contribution in [0.5, 0.6) is 5.75 Å². The molecule has 1 aromatic rings. The number of rotatable bonds is 6. The van der Waals surface area contributed by atoms with Gasteiger partial charge >= 0.3 is 0 Å². The van der Waals surface area contributed by atoms with Gasteiger partial charge in [-0.1, -0.05) is 11.6 Å². The molecule has 27 heavy (non-hydrogen) atoms. The number of likely N-dealkylation sites (tertiary alicyclic amines) is 1. The molecule has 2 N–H and O–H groups in total. The number of nitrogens with zero attached hydrogens (tertiary/aromatic N) is 1. The van der Waals surface area contributed by atoms with Gasteiger partial charge in [0.2, 0.25) is 0 Å². The number of anilines is 1. The third-order valence-electron chi connectivity index (χ3n) is 5.58. The first-order chi connectivity index (χ1) is 12.7. The molecule has 0 aromatic heterocycles. The second-order valence-corrected chi connectivity index (χ2v) is 8.89. The van der Waals surface area contributed by atoms with Crippen molar-refractivity contribution >= 4 is 23.1 Å². The first kappa shape index (κ1) is 20.4. The number of fused-ring (bicyclic) bond motifs is 1. The van der Waals surface area contributed by atoms with Gasteiger partial charge in [0, 0.05) is 18.5 Å². The van der Waals surface area contributed by atoms with Crippen molar-refractivity contribution in [2.24, 2.45) is 5.92 Å². The van der Waals surface area contributed by atoms with E-state index in [9.17, 15) is 9.18 Å². The average Bonchev–Trinajstić information content (AvgIpc) is 2.62. The molecule has 2 aliphatic heterocycles. The van der Waals surface area contributed by atoms with E-state index in [1.165, 1.54) is 0 Å².